The molecule has 21 heavy (non-hydrogen) atoms. The van der Waals surface area contributed by atoms with Crippen LogP contribution in [0.4, 0.5) is 0 Å². The van der Waals surface area contributed by atoms with E-state index in [1.54, 1.807) is 11.8 Å². The number of esters is 1. The summed E-state index contributed by atoms with van der Waals surface area (Å²) in [5, 5.41) is 0. The lowest BCUT2D eigenvalue weighted by Gasteiger charge is -2.29. The number of carbonyl (C=O) groups is 3. The Bertz CT molecular complexity index is 420. The Morgan fingerprint density at radius 2 is 1.90 bits per heavy atom. The van der Waals surface area contributed by atoms with Gasteiger partial charge in [-0.3, -0.25) is 14.4 Å². The average molecular weight is 296 g/mol. The van der Waals surface area contributed by atoms with Crippen LogP contribution < -0.4 is 0 Å². The molecule has 1 unspecified atom stereocenters. The van der Waals surface area contributed by atoms with Crippen LogP contribution in [-0.2, 0) is 19.1 Å². The van der Waals surface area contributed by atoms with Crippen molar-refractivity contribution in [3.05, 3.63) is 0 Å². The molecule has 1 saturated heterocycles. The van der Waals surface area contributed by atoms with Crippen LogP contribution >= 0.6 is 0 Å². The molecule has 118 valence electrons. The summed E-state index contributed by atoms with van der Waals surface area (Å²) < 4.78 is 4.90. The van der Waals surface area contributed by atoms with E-state index in [1.807, 2.05) is 6.92 Å². The molecule has 0 aromatic rings. The van der Waals surface area contributed by atoms with Gasteiger partial charge in [-0.15, -0.1) is 0 Å². The smallest absolute Gasteiger partial charge is 0.325 e. The number of hydrogen-bond acceptors (Lipinski definition) is 4. The molecule has 6 nitrogen and oxygen atoms in total. The minimum absolute atomic E-state index is 0.0366. The quantitative estimate of drug-likeness (QED) is 0.680. The van der Waals surface area contributed by atoms with Crippen LogP contribution in [0.5, 0.6) is 0 Å². The molecule has 1 atom stereocenters. The van der Waals surface area contributed by atoms with Gasteiger partial charge in [0.05, 0.1) is 6.61 Å². The number of ether oxygens (including phenoxy) is 1. The third-order valence-electron chi connectivity index (χ3n) is 4.07. The maximum atomic E-state index is 12.6. The molecule has 0 aromatic carbocycles. The highest BCUT2D eigenvalue weighted by Gasteiger charge is 2.42. The zero-order chi connectivity index (χ0) is 15.4. The number of rotatable bonds is 6. The Morgan fingerprint density at radius 1 is 1.19 bits per heavy atom. The van der Waals surface area contributed by atoms with Crippen LogP contribution in [0.25, 0.3) is 0 Å². The minimum atomic E-state index is -0.397. The first-order valence-corrected chi connectivity index (χ1v) is 7.83. The van der Waals surface area contributed by atoms with Gasteiger partial charge in [-0.25, -0.2) is 0 Å². The van der Waals surface area contributed by atoms with E-state index in [-0.39, 0.29) is 24.3 Å². The third-order valence-corrected chi connectivity index (χ3v) is 4.07. The SMILES string of the molecule is CCOC(=O)CN(CC)C(=O)C1CCCN1C(=O)C1CC1. The molecule has 2 fully saturated rings. The molecule has 2 amide bonds. The highest BCUT2D eigenvalue weighted by molar-refractivity contribution is 5.91. The fourth-order valence-corrected chi connectivity index (χ4v) is 2.77. The zero-order valence-corrected chi connectivity index (χ0v) is 12.8. The largest absolute Gasteiger partial charge is 0.465 e. The lowest BCUT2D eigenvalue weighted by Crippen LogP contribution is -2.49. The van der Waals surface area contributed by atoms with Crippen LogP contribution in [0, 0.1) is 5.92 Å². The van der Waals surface area contributed by atoms with Gasteiger partial charge in [0.25, 0.3) is 0 Å². The van der Waals surface area contributed by atoms with Gasteiger partial charge in [0.1, 0.15) is 12.6 Å². The summed E-state index contributed by atoms with van der Waals surface area (Å²) in [6.07, 6.45) is 3.43. The second-order valence-corrected chi connectivity index (χ2v) is 5.62. The highest BCUT2D eigenvalue weighted by atomic mass is 16.5. The summed E-state index contributed by atoms with van der Waals surface area (Å²) in [5.74, 6) is -0.292. The van der Waals surface area contributed by atoms with Gasteiger partial charge in [-0.1, -0.05) is 0 Å². The molecule has 0 aromatic heterocycles. The van der Waals surface area contributed by atoms with Crippen molar-refractivity contribution in [1.29, 1.82) is 0 Å². The first-order valence-electron chi connectivity index (χ1n) is 7.83. The molecule has 1 aliphatic heterocycles. The predicted molar refractivity (Wildman–Crippen MR) is 76.3 cm³/mol. The van der Waals surface area contributed by atoms with Crippen LogP contribution in [0.2, 0.25) is 0 Å². The minimum Gasteiger partial charge on any atom is -0.465 e. The molecular formula is C15H24N2O4. The van der Waals surface area contributed by atoms with Crippen molar-refractivity contribution >= 4 is 17.8 Å². The number of hydrogen-bond donors (Lipinski definition) is 0. The Balaban J connectivity index is 1.98. The summed E-state index contributed by atoms with van der Waals surface area (Å²) in [7, 11) is 0. The van der Waals surface area contributed by atoms with Crippen molar-refractivity contribution in [2.24, 2.45) is 5.92 Å². The van der Waals surface area contributed by atoms with Gasteiger partial charge in [0.2, 0.25) is 11.8 Å². The number of likely N-dealkylation sites (tertiary alicyclic amines) is 1. The lowest BCUT2D eigenvalue weighted by atomic mass is 10.1. The second kappa shape index (κ2) is 6.91. The normalized spacial score (nSPS) is 21.2. The maximum Gasteiger partial charge on any atom is 0.325 e. The monoisotopic (exact) mass is 296 g/mol. The molecule has 2 rings (SSSR count). The Kier molecular flexibility index (Phi) is 5.20. The molecule has 0 radical (unpaired) electrons. The van der Waals surface area contributed by atoms with E-state index >= 15 is 0 Å². The Labute approximate surface area is 125 Å². The Hall–Kier alpha value is -1.59. The molecule has 0 spiro atoms. The molecule has 1 heterocycles. The van der Waals surface area contributed by atoms with Crippen LogP contribution in [-0.4, -0.2) is 59.9 Å². The van der Waals surface area contributed by atoms with Crippen molar-refractivity contribution in [3.8, 4) is 0 Å². The molecule has 0 N–H and O–H groups in total. The van der Waals surface area contributed by atoms with Crippen molar-refractivity contribution in [2.75, 3.05) is 26.2 Å². The molecule has 1 saturated carbocycles. The van der Waals surface area contributed by atoms with Gasteiger partial charge in [0, 0.05) is 19.0 Å². The van der Waals surface area contributed by atoms with E-state index in [4.69, 9.17) is 4.74 Å². The summed E-state index contributed by atoms with van der Waals surface area (Å²) in [6.45, 7) is 4.94. The summed E-state index contributed by atoms with van der Waals surface area (Å²) >= 11 is 0. The van der Waals surface area contributed by atoms with Gasteiger partial charge in [-0.2, -0.15) is 0 Å². The first-order chi connectivity index (χ1) is 10.1. The number of likely N-dealkylation sites (N-methyl/N-ethyl adjacent to an activating group) is 1. The molecule has 2 aliphatic rings. The fourth-order valence-electron chi connectivity index (χ4n) is 2.77. The fraction of sp³-hybridized carbons (Fsp3) is 0.800. The van der Waals surface area contributed by atoms with Crippen molar-refractivity contribution in [2.45, 2.75) is 45.6 Å². The molecule has 0 bridgehead atoms. The Morgan fingerprint density at radius 3 is 2.48 bits per heavy atom. The summed E-state index contributed by atoms with van der Waals surface area (Å²) in [4.78, 5) is 39.6. The van der Waals surface area contributed by atoms with Crippen LogP contribution in [0.15, 0.2) is 0 Å². The lowest BCUT2D eigenvalue weighted by molar-refractivity contribution is -0.151. The van der Waals surface area contributed by atoms with E-state index in [0.29, 0.717) is 26.1 Å². The van der Waals surface area contributed by atoms with Crippen molar-refractivity contribution in [3.63, 3.8) is 0 Å². The third kappa shape index (κ3) is 3.74. The van der Waals surface area contributed by atoms with E-state index < -0.39 is 12.0 Å². The van der Waals surface area contributed by atoms with Crippen LogP contribution in [0.3, 0.4) is 0 Å². The second-order valence-electron chi connectivity index (χ2n) is 5.62. The summed E-state index contributed by atoms with van der Waals surface area (Å²) in [6, 6.07) is -0.396. The van der Waals surface area contributed by atoms with Gasteiger partial charge in [-0.05, 0) is 39.5 Å². The topological polar surface area (TPSA) is 66.9 Å². The van der Waals surface area contributed by atoms with E-state index in [2.05, 4.69) is 0 Å². The first kappa shape index (κ1) is 15.8. The van der Waals surface area contributed by atoms with Gasteiger partial charge < -0.3 is 14.5 Å². The van der Waals surface area contributed by atoms with E-state index in [1.165, 1.54) is 4.90 Å². The highest BCUT2D eigenvalue weighted by Crippen LogP contribution is 2.34. The van der Waals surface area contributed by atoms with Crippen molar-refractivity contribution < 1.29 is 19.1 Å². The number of carbonyl (C=O) groups excluding carboxylic acids is 3. The average Bonchev–Trinajstić information content (AvgIpc) is 3.20. The van der Waals surface area contributed by atoms with Crippen molar-refractivity contribution in [1.82, 2.24) is 9.80 Å². The van der Waals surface area contributed by atoms with E-state index in [9.17, 15) is 14.4 Å². The summed E-state index contributed by atoms with van der Waals surface area (Å²) in [5.41, 5.74) is 0. The van der Waals surface area contributed by atoms with Crippen LogP contribution in [0.1, 0.15) is 39.5 Å². The molecule has 1 aliphatic carbocycles. The predicted octanol–water partition coefficient (Wildman–Crippen LogP) is 0.799. The molecular weight excluding hydrogens is 272 g/mol. The zero-order valence-electron chi connectivity index (χ0n) is 12.8. The molecule has 6 heteroatoms. The number of amides is 2. The standard InChI is InChI=1S/C15H24N2O4/c1-3-16(10-13(18)21-4-2)15(20)12-6-5-9-17(12)14(19)11-7-8-11/h11-12H,3-10H2,1-2H3. The maximum absolute atomic E-state index is 12.6. The van der Waals surface area contributed by atoms with Gasteiger partial charge in [0.15, 0.2) is 0 Å². The van der Waals surface area contributed by atoms with Gasteiger partial charge >= 0.3 is 5.97 Å². The number of nitrogens with zero attached hydrogens (tertiary/aromatic N) is 2. The van der Waals surface area contributed by atoms with E-state index in [0.717, 1.165) is 19.3 Å².